The van der Waals surface area contributed by atoms with Crippen molar-refractivity contribution >= 4 is 23.5 Å². The SMILES string of the molecule is CCCCCCCCOC(=O)/C=C/C(=O)Oc1ccc(Cl)c(C)c1. The van der Waals surface area contributed by atoms with Crippen molar-refractivity contribution in [3.05, 3.63) is 40.9 Å². The Morgan fingerprint density at radius 2 is 1.71 bits per heavy atom. The predicted molar refractivity (Wildman–Crippen MR) is 95.3 cm³/mol. The molecule has 0 fully saturated rings. The Bertz CT molecular complexity index is 566. The van der Waals surface area contributed by atoms with Crippen LogP contribution in [0.1, 0.15) is 51.0 Å². The Morgan fingerprint density at radius 1 is 1.04 bits per heavy atom. The van der Waals surface area contributed by atoms with Gasteiger partial charge in [-0.2, -0.15) is 0 Å². The van der Waals surface area contributed by atoms with E-state index in [1.54, 1.807) is 18.2 Å². The summed E-state index contributed by atoms with van der Waals surface area (Å²) in [6.45, 7) is 4.36. The number of esters is 2. The van der Waals surface area contributed by atoms with E-state index < -0.39 is 11.9 Å². The Balaban J connectivity index is 2.23. The Labute approximate surface area is 148 Å². The van der Waals surface area contributed by atoms with E-state index in [0.717, 1.165) is 37.0 Å². The zero-order chi connectivity index (χ0) is 17.8. The molecule has 0 bridgehead atoms. The Hall–Kier alpha value is -1.81. The lowest BCUT2D eigenvalue weighted by molar-refractivity contribution is -0.138. The summed E-state index contributed by atoms with van der Waals surface area (Å²) in [4.78, 5) is 23.1. The van der Waals surface area contributed by atoms with Crippen molar-refractivity contribution in [2.75, 3.05) is 6.61 Å². The average molecular weight is 353 g/mol. The van der Waals surface area contributed by atoms with Crippen molar-refractivity contribution in [2.24, 2.45) is 0 Å². The molecule has 132 valence electrons. The van der Waals surface area contributed by atoms with E-state index in [1.165, 1.54) is 19.3 Å². The van der Waals surface area contributed by atoms with Crippen molar-refractivity contribution in [1.82, 2.24) is 0 Å². The van der Waals surface area contributed by atoms with E-state index in [9.17, 15) is 9.59 Å². The fourth-order valence-electron chi connectivity index (χ4n) is 2.07. The summed E-state index contributed by atoms with van der Waals surface area (Å²) >= 11 is 5.90. The molecule has 0 N–H and O–H groups in total. The molecule has 1 aromatic carbocycles. The second kappa shape index (κ2) is 11.7. The molecule has 0 aliphatic rings. The van der Waals surface area contributed by atoms with Crippen LogP contribution in [0.25, 0.3) is 0 Å². The van der Waals surface area contributed by atoms with Gasteiger partial charge in [0.05, 0.1) is 6.61 Å². The van der Waals surface area contributed by atoms with Crippen LogP contribution in [0.3, 0.4) is 0 Å². The minimum atomic E-state index is -0.631. The Morgan fingerprint density at radius 3 is 2.42 bits per heavy atom. The largest absolute Gasteiger partial charge is 0.463 e. The number of hydrogen-bond donors (Lipinski definition) is 0. The van der Waals surface area contributed by atoms with Crippen LogP contribution in [0.5, 0.6) is 5.75 Å². The van der Waals surface area contributed by atoms with Gasteiger partial charge in [0, 0.05) is 17.2 Å². The molecule has 5 heteroatoms. The van der Waals surface area contributed by atoms with Crippen molar-refractivity contribution in [3.63, 3.8) is 0 Å². The van der Waals surface area contributed by atoms with Gasteiger partial charge in [0.15, 0.2) is 0 Å². The van der Waals surface area contributed by atoms with E-state index in [-0.39, 0.29) is 0 Å². The van der Waals surface area contributed by atoms with Gasteiger partial charge in [0.2, 0.25) is 0 Å². The minimum absolute atomic E-state index is 0.376. The fourth-order valence-corrected chi connectivity index (χ4v) is 2.19. The molecule has 0 atom stereocenters. The van der Waals surface area contributed by atoms with Crippen molar-refractivity contribution < 1.29 is 19.1 Å². The summed E-state index contributed by atoms with van der Waals surface area (Å²) in [5.74, 6) is -0.784. The average Bonchev–Trinajstić information content (AvgIpc) is 2.55. The molecule has 4 nitrogen and oxygen atoms in total. The first kappa shape index (κ1) is 20.2. The number of aryl methyl sites for hydroxylation is 1. The standard InChI is InChI=1S/C19H25ClO4/c1-3-4-5-6-7-8-13-23-18(21)11-12-19(22)24-16-9-10-17(20)15(2)14-16/h9-12,14H,3-8,13H2,1-2H3/b12-11+. The smallest absolute Gasteiger partial charge is 0.336 e. The molecule has 0 aromatic heterocycles. The van der Waals surface area contributed by atoms with Crippen LogP contribution in [0.4, 0.5) is 0 Å². The first-order valence-corrected chi connectivity index (χ1v) is 8.73. The molecule has 0 aliphatic carbocycles. The maximum atomic E-state index is 11.6. The van der Waals surface area contributed by atoms with Gasteiger partial charge in [-0.25, -0.2) is 9.59 Å². The summed E-state index contributed by atoms with van der Waals surface area (Å²) in [7, 11) is 0. The van der Waals surface area contributed by atoms with Crippen LogP contribution < -0.4 is 4.74 Å². The summed E-state index contributed by atoms with van der Waals surface area (Å²) in [5, 5.41) is 0.601. The molecule has 0 saturated heterocycles. The van der Waals surface area contributed by atoms with Crippen LogP contribution in [-0.4, -0.2) is 18.5 Å². The molecule has 0 radical (unpaired) electrons. The van der Waals surface area contributed by atoms with Crippen LogP contribution in [-0.2, 0) is 14.3 Å². The lowest BCUT2D eigenvalue weighted by Gasteiger charge is -2.04. The third-order valence-electron chi connectivity index (χ3n) is 3.45. The molecule has 0 heterocycles. The van der Waals surface area contributed by atoms with Crippen LogP contribution >= 0.6 is 11.6 Å². The summed E-state index contributed by atoms with van der Waals surface area (Å²) < 4.78 is 10.1. The molecule has 0 unspecified atom stereocenters. The normalized spacial score (nSPS) is 10.8. The maximum absolute atomic E-state index is 11.6. The molecule has 0 spiro atoms. The second-order valence-electron chi connectivity index (χ2n) is 5.60. The molecule has 0 aliphatic heterocycles. The summed E-state index contributed by atoms with van der Waals surface area (Å²) in [6, 6.07) is 4.90. The number of carbonyl (C=O) groups is 2. The maximum Gasteiger partial charge on any atom is 0.336 e. The zero-order valence-electron chi connectivity index (χ0n) is 14.3. The highest BCUT2D eigenvalue weighted by molar-refractivity contribution is 6.31. The number of halogens is 1. The number of ether oxygens (including phenoxy) is 2. The molecule has 0 saturated carbocycles. The lowest BCUT2D eigenvalue weighted by Crippen LogP contribution is -2.07. The minimum Gasteiger partial charge on any atom is -0.463 e. The quantitative estimate of drug-likeness (QED) is 0.257. The Kier molecular flexibility index (Phi) is 9.85. The van der Waals surface area contributed by atoms with Gasteiger partial charge in [0.25, 0.3) is 0 Å². The number of hydrogen-bond acceptors (Lipinski definition) is 4. The highest BCUT2D eigenvalue weighted by Crippen LogP contribution is 2.21. The molecule has 24 heavy (non-hydrogen) atoms. The fraction of sp³-hybridized carbons (Fsp3) is 0.474. The number of carbonyl (C=O) groups excluding carboxylic acids is 2. The van der Waals surface area contributed by atoms with Crippen LogP contribution in [0.15, 0.2) is 30.4 Å². The van der Waals surface area contributed by atoms with Gasteiger partial charge < -0.3 is 9.47 Å². The monoisotopic (exact) mass is 352 g/mol. The van der Waals surface area contributed by atoms with Gasteiger partial charge in [-0.15, -0.1) is 0 Å². The zero-order valence-corrected chi connectivity index (χ0v) is 15.1. The first-order valence-electron chi connectivity index (χ1n) is 8.35. The van der Waals surface area contributed by atoms with E-state index >= 15 is 0 Å². The van der Waals surface area contributed by atoms with Gasteiger partial charge in [0.1, 0.15) is 5.75 Å². The highest BCUT2D eigenvalue weighted by atomic mass is 35.5. The van der Waals surface area contributed by atoms with E-state index in [2.05, 4.69) is 6.92 Å². The van der Waals surface area contributed by atoms with Crippen molar-refractivity contribution in [3.8, 4) is 5.75 Å². The van der Waals surface area contributed by atoms with Crippen molar-refractivity contribution in [1.29, 1.82) is 0 Å². The van der Waals surface area contributed by atoms with Gasteiger partial charge in [-0.3, -0.25) is 0 Å². The number of rotatable bonds is 10. The molecule has 1 rings (SSSR count). The third kappa shape index (κ3) is 8.73. The summed E-state index contributed by atoms with van der Waals surface area (Å²) in [5.41, 5.74) is 0.810. The van der Waals surface area contributed by atoms with Gasteiger partial charge >= 0.3 is 11.9 Å². The topological polar surface area (TPSA) is 52.6 Å². The highest BCUT2D eigenvalue weighted by Gasteiger charge is 2.04. The first-order chi connectivity index (χ1) is 11.5. The number of unbranched alkanes of at least 4 members (excludes halogenated alkanes) is 5. The second-order valence-corrected chi connectivity index (χ2v) is 6.01. The van der Waals surface area contributed by atoms with Gasteiger partial charge in [-0.05, 0) is 37.1 Å². The molecular weight excluding hydrogens is 328 g/mol. The number of benzene rings is 1. The van der Waals surface area contributed by atoms with E-state index in [4.69, 9.17) is 21.1 Å². The van der Waals surface area contributed by atoms with Gasteiger partial charge in [-0.1, -0.05) is 50.6 Å². The van der Waals surface area contributed by atoms with E-state index in [1.807, 2.05) is 6.92 Å². The lowest BCUT2D eigenvalue weighted by atomic mass is 10.1. The summed E-state index contributed by atoms with van der Waals surface area (Å²) in [6.07, 6.45) is 8.89. The van der Waals surface area contributed by atoms with E-state index in [0.29, 0.717) is 17.4 Å². The third-order valence-corrected chi connectivity index (χ3v) is 3.87. The van der Waals surface area contributed by atoms with Crippen molar-refractivity contribution in [2.45, 2.75) is 52.4 Å². The van der Waals surface area contributed by atoms with Crippen LogP contribution in [0, 0.1) is 6.92 Å². The van der Waals surface area contributed by atoms with Crippen LogP contribution in [0.2, 0.25) is 5.02 Å². The molecule has 1 aromatic rings. The predicted octanol–water partition coefficient (Wildman–Crippen LogP) is 5.01. The molecular formula is C19H25ClO4. The molecule has 0 amide bonds.